The lowest BCUT2D eigenvalue weighted by Crippen LogP contribution is -2.61. The lowest BCUT2D eigenvalue weighted by Gasteiger charge is -2.42. The molecule has 2 heterocycles. The number of carbonyl (C=O) groups is 2. The molecule has 15 nitrogen and oxygen atoms in total. The molecule has 4 unspecified atom stereocenters. The van der Waals surface area contributed by atoms with Crippen molar-refractivity contribution in [2.45, 2.75) is 364 Å². The van der Waals surface area contributed by atoms with E-state index < -0.39 is 92.7 Å². The Balaban J connectivity index is 1.69. The third kappa shape index (κ3) is 36.2. The zero-order chi connectivity index (χ0) is 56.7. The molecule has 0 aliphatic carbocycles. The highest BCUT2D eigenvalue weighted by Gasteiger charge is 2.47. The van der Waals surface area contributed by atoms with Crippen molar-refractivity contribution in [2.75, 3.05) is 26.4 Å². The van der Waals surface area contributed by atoms with E-state index in [4.69, 9.17) is 28.4 Å². The van der Waals surface area contributed by atoms with E-state index in [1.165, 1.54) is 218 Å². The number of aliphatic hydroxyl groups is 7. The van der Waals surface area contributed by atoms with Crippen molar-refractivity contribution in [3.63, 3.8) is 0 Å². The summed E-state index contributed by atoms with van der Waals surface area (Å²) in [6.45, 7) is 2.68. The van der Waals surface area contributed by atoms with Crippen LogP contribution in [0.1, 0.15) is 296 Å². The van der Waals surface area contributed by atoms with Crippen LogP contribution in [0.5, 0.6) is 0 Å². The van der Waals surface area contributed by atoms with Crippen molar-refractivity contribution < 1.29 is 73.8 Å². The van der Waals surface area contributed by atoms with Gasteiger partial charge in [0.1, 0.15) is 55.4 Å². The minimum absolute atomic E-state index is 0.174. The second-order valence-electron chi connectivity index (χ2n) is 23.3. The maximum atomic E-state index is 13.1. The first kappa shape index (κ1) is 72.6. The van der Waals surface area contributed by atoms with Crippen LogP contribution in [-0.2, 0) is 38.0 Å². The van der Waals surface area contributed by atoms with Crippen LogP contribution in [0, 0.1) is 0 Å². The smallest absolute Gasteiger partial charge is 0.306 e. The van der Waals surface area contributed by atoms with Crippen molar-refractivity contribution >= 4 is 11.9 Å². The molecule has 0 aromatic carbocycles. The van der Waals surface area contributed by atoms with E-state index in [1.54, 1.807) is 0 Å². The number of ether oxygens (including phenoxy) is 6. The van der Waals surface area contributed by atoms with Gasteiger partial charge in [-0.3, -0.25) is 9.59 Å². The number of esters is 2. The number of rotatable bonds is 54. The Morgan fingerprint density at radius 1 is 0.359 bits per heavy atom. The summed E-state index contributed by atoms with van der Waals surface area (Å²) in [5, 5.41) is 72.4. The maximum Gasteiger partial charge on any atom is 0.306 e. The minimum atomic E-state index is -1.76. The quantitative estimate of drug-likeness (QED) is 0.0222. The molecule has 2 aliphatic heterocycles. The maximum absolute atomic E-state index is 13.1. The Hall–Kier alpha value is -1.50. The van der Waals surface area contributed by atoms with E-state index in [0.29, 0.717) is 12.8 Å². The highest BCUT2D eigenvalue weighted by Crippen LogP contribution is 2.27. The number of carbonyl (C=O) groups excluding carboxylic acids is 2. The Morgan fingerprint density at radius 2 is 0.654 bits per heavy atom. The van der Waals surface area contributed by atoms with E-state index >= 15 is 0 Å². The van der Waals surface area contributed by atoms with Crippen LogP contribution in [0.3, 0.4) is 0 Å². The summed E-state index contributed by atoms with van der Waals surface area (Å²) in [4.78, 5) is 26.0. The first-order chi connectivity index (χ1) is 38.0. The topological polar surface area (TPSA) is 231 Å². The highest BCUT2D eigenvalue weighted by molar-refractivity contribution is 5.70. The summed E-state index contributed by atoms with van der Waals surface area (Å²) >= 11 is 0. The lowest BCUT2D eigenvalue weighted by molar-refractivity contribution is -0.332. The van der Waals surface area contributed by atoms with Gasteiger partial charge in [0.25, 0.3) is 0 Å². The average Bonchev–Trinajstić information content (AvgIpc) is 3.43. The average molecular weight is 1120 g/mol. The Labute approximate surface area is 474 Å². The molecule has 0 amide bonds. The van der Waals surface area contributed by atoms with Gasteiger partial charge in [0.15, 0.2) is 18.7 Å². The molecular weight excluding hydrogens is 997 g/mol. The van der Waals surface area contributed by atoms with Gasteiger partial charge in [-0.15, -0.1) is 0 Å². The molecule has 0 aromatic heterocycles. The second kappa shape index (κ2) is 50.1. The molecule has 462 valence electrons. The summed E-state index contributed by atoms with van der Waals surface area (Å²) in [5.74, 6) is -0.899. The Morgan fingerprint density at radius 3 is 1.00 bits per heavy atom. The third-order valence-corrected chi connectivity index (χ3v) is 16.1. The molecule has 7 N–H and O–H groups in total. The van der Waals surface area contributed by atoms with E-state index in [2.05, 4.69) is 13.8 Å². The van der Waals surface area contributed by atoms with Crippen LogP contribution >= 0.6 is 0 Å². The van der Waals surface area contributed by atoms with Crippen molar-refractivity contribution in [2.24, 2.45) is 0 Å². The molecule has 0 aromatic rings. The molecule has 15 heteroatoms. The normalized spacial score (nSPS) is 23.9. The largest absolute Gasteiger partial charge is 0.462 e. The summed E-state index contributed by atoms with van der Waals surface area (Å²) < 4.78 is 33.8. The van der Waals surface area contributed by atoms with Gasteiger partial charge in [-0.25, -0.2) is 0 Å². The zero-order valence-corrected chi connectivity index (χ0v) is 49.7. The van der Waals surface area contributed by atoms with Crippen LogP contribution in [0.4, 0.5) is 0 Å². The van der Waals surface area contributed by atoms with Crippen LogP contribution in [0.2, 0.25) is 0 Å². The molecule has 0 bridgehead atoms. The van der Waals surface area contributed by atoms with Gasteiger partial charge >= 0.3 is 11.9 Å². The summed E-state index contributed by atoms with van der Waals surface area (Å²) in [7, 11) is 0. The Kier molecular flexibility index (Phi) is 46.6. The van der Waals surface area contributed by atoms with Gasteiger partial charge < -0.3 is 64.2 Å². The standard InChI is InChI=1S/C63H120O15/c1-3-5-7-9-11-13-15-17-19-21-23-24-25-26-28-29-31-33-35-37-39-41-43-45-54(65)73-48-51(76-55(66)46-44-42-40-38-36-34-32-30-27-22-20-18-16-14-12-10-8-6-4-2)49-74-62-61(72)59(70)57(68)53(78-62)50-75-63-60(71)58(69)56(67)52(47-64)77-63/h51-53,56-64,67-72H,3-50H2,1-2H3/t51-,52+,53+,56-,57-,58?,59?,60?,61?,62+,63+/m0/s1. The fraction of sp³-hybridized carbons (Fsp3) is 0.968. The number of aliphatic hydroxyl groups excluding tert-OH is 7. The predicted octanol–water partition coefficient (Wildman–Crippen LogP) is 12.3. The second-order valence-corrected chi connectivity index (χ2v) is 23.3. The molecular formula is C63H120O15. The van der Waals surface area contributed by atoms with Crippen LogP contribution in [0.25, 0.3) is 0 Å². The van der Waals surface area contributed by atoms with E-state index in [9.17, 15) is 45.3 Å². The van der Waals surface area contributed by atoms with Crippen LogP contribution in [0.15, 0.2) is 0 Å². The van der Waals surface area contributed by atoms with Crippen molar-refractivity contribution in [3.05, 3.63) is 0 Å². The minimum Gasteiger partial charge on any atom is -0.462 e. The monoisotopic (exact) mass is 1120 g/mol. The van der Waals surface area contributed by atoms with Crippen LogP contribution in [-0.4, -0.2) is 142 Å². The number of hydrogen-bond acceptors (Lipinski definition) is 15. The first-order valence-corrected chi connectivity index (χ1v) is 32.6. The highest BCUT2D eigenvalue weighted by atomic mass is 16.7. The molecule has 2 rings (SSSR count). The number of hydrogen-bond donors (Lipinski definition) is 7. The van der Waals surface area contributed by atoms with Crippen molar-refractivity contribution in [1.29, 1.82) is 0 Å². The predicted molar refractivity (Wildman–Crippen MR) is 308 cm³/mol. The first-order valence-electron chi connectivity index (χ1n) is 32.6. The van der Waals surface area contributed by atoms with Gasteiger partial charge in [-0.1, -0.05) is 271 Å². The molecule has 2 saturated heterocycles. The lowest BCUT2D eigenvalue weighted by atomic mass is 9.98. The third-order valence-electron chi connectivity index (χ3n) is 16.1. The van der Waals surface area contributed by atoms with Gasteiger partial charge in [-0.2, -0.15) is 0 Å². The molecule has 0 saturated carbocycles. The van der Waals surface area contributed by atoms with Gasteiger partial charge in [0, 0.05) is 12.8 Å². The van der Waals surface area contributed by atoms with Crippen LogP contribution < -0.4 is 0 Å². The van der Waals surface area contributed by atoms with E-state index in [1.807, 2.05) is 0 Å². The molecule has 0 spiro atoms. The van der Waals surface area contributed by atoms with Gasteiger partial charge in [0.05, 0.1) is 19.8 Å². The zero-order valence-electron chi connectivity index (χ0n) is 49.7. The van der Waals surface area contributed by atoms with Crippen molar-refractivity contribution in [1.82, 2.24) is 0 Å². The molecule has 2 fully saturated rings. The van der Waals surface area contributed by atoms with E-state index in [0.717, 1.165) is 38.5 Å². The summed E-state index contributed by atoms with van der Waals surface area (Å²) in [6, 6.07) is 0. The van der Waals surface area contributed by atoms with Gasteiger partial charge in [0.2, 0.25) is 0 Å². The molecule has 2 aliphatic rings. The summed E-state index contributed by atoms with van der Waals surface area (Å²) in [6.07, 6.45) is 37.0. The fourth-order valence-electron chi connectivity index (χ4n) is 10.8. The molecule has 78 heavy (non-hydrogen) atoms. The van der Waals surface area contributed by atoms with Gasteiger partial charge in [-0.05, 0) is 12.8 Å². The van der Waals surface area contributed by atoms with E-state index in [-0.39, 0.29) is 26.1 Å². The molecule has 11 atom stereocenters. The fourth-order valence-corrected chi connectivity index (χ4v) is 10.8. The SMILES string of the molecule is CCCCCCCCCCCCCCCCCCCCCCCCCC(=O)OC[C@@H](CO[C@@H]1O[C@H](CO[C@@H]2O[C@H](CO)[C@H](O)C(O)C2O)[C@H](O)C(O)C1O)OC(=O)CCCCCCCCCCCCCCCCCCCCC. The molecule has 0 radical (unpaired) electrons. The number of unbranched alkanes of at least 4 members (excludes halogenated alkanes) is 40. The summed E-state index contributed by atoms with van der Waals surface area (Å²) in [5.41, 5.74) is 0. The Bertz CT molecular complexity index is 1360. The van der Waals surface area contributed by atoms with Crippen molar-refractivity contribution in [3.8, 4) is 0 Å².